The van der Waals surface area contributed by atoms with Gasteiger partial charge in [-0.05, 0) is 24.3 Å². The van der Waals surface area contributed by atoms with E-state index in [-0.39, 0.29) is 22.1 Å². The number of nitrogens with one attached hydrogen (secondary N) is 1. The molecule has 0 unspecified atom stereocenters. The molecule has 0 radical (unpaired) electrons. The number of phenolic OH excluding ortho intramolecular Hbond substituents is 2. The summed E-state index contributed by atoms with van der Waals surface area (Å²) in [4.78, 5) is 12.2. The van der Waals surface area contributed by atoms with Crippen LogP contribution in [0.25, 0.3) is 0 Å². The molecular weight excluding hydrogens is 276 g/mol. The highest BCUT2D eigenvalue weighted by Gasteiger charge is 2.14. The predicted molar refractivity (Wildman–Crippen MR) is 80.1 cm³/mol. The average molecular weight is 288 g/mol. The number of phenols is 2. The van der Waals surface area contributed by atoms with Crippen molar-refractivity contribution < 1.29 is 15.0 Å². The molecule has 20 heavy (non-hydrogen) atoms. The van der Waals surface area contributed by atoms with Crippen LogP contribution in [0.1, 0.15) is 15.9 Å². The first kappa shape index (κ1) is 13.8. The van der Waals surface area contributed by atoms with Crippen molar-refractivity contribution in [1.82, 2.24) is 0 Å². The monoisotopic (exact) mass is 288 g/mol. The Morgan fingerprint density at radius 1 is 1.10 bits per heavy atom. The van der Waals surface area contributed by atoms with Crippen molar-refractivity contribution in [2.75, 3.05) is 5.32 Å². The van der Waals surface area contributed by atoms with Gasteiger partial charge in [0.15, 0.2) is 0 Å². The number of hydrogen-bond acceptors (Lipinski definition) is 4. The molecular formula is C14H12N2O3S. The SMILES string of the molecule is NC(=S)c1ccccc1NC(=O)c1ccc(O)cc1O. The molecule has 0 atom stereocenters. The van der Waals surface area contributed by atoms with Crippen LogP contribution in [0, 0.1) is 0 Å². The minimum absolute atomic E-state index is 0.0422. The zero-order valence-corrected chi connectivity index (χ0v) is 11.1. The highest BCUT2D eigenvalue weighted by atomic mass is 32.1. The largest absolute Gasteiger partial charge is 0.508 e. The Morgan fingerprint density at radius 3 is 2.45 bits per heavy atom. The number of benzene rings is 2. The molecule has 102 valence electrons. The molecule has 0 aliphatic heterocycles. The van der Waals surface area contributed by atoms with Crippen molar-refractivity contribution in [3.8, 4) is 11.5 Å². The molecule has 2 rings (SSSR count). The predicted octanol–water partition coefficient (Wildman–Crippen LogP) is 1.98. The highest BCUT2D eigenvalue weighted by Crippen LogP contribution is 2.24. The Balaban J connectivity index is 2.30. The van der Waals surface area contributed by atoms with Crippen LogP contribution in [-0.4, -0.2) is 21.1 Å². The fourth-order valence-corrected chi connectivity index (χ4v) is 1.89. The second-order valence-electron chi connectivity index (χ2n) is 4.07. The van der Waals surface area contributed by atoms with Gasteiger partial charge in [-0.15, -0.1) is 0 Å². The van der Waals surface area contributed by atoms with Gasteiger partial charge in [-0.1, -0.05) is 24.4 Å². The molecule has 0 aliphatic carbocycles. The first-order chi connectivity index (χ1) is 9.49. The standard InChI is InChI=1S/C14H12N2O3S/c15-13(20)9-3-1-2-4-11(9)16-14(19)10-6-5-8(17)7-12(10)18/h1-7,17-18H,(H2,15,20)(H,16,19). The van der Waals surface area contributed by atoms with Crippen molar-refractivity contribution in [1.29, 1.82) is 0 Å². The van der Waals surface area contributed by atoms with Gasteiger partial charge in [-0.3, -0.25) is 4.79 Å². The molecule has 0 heterocycles. The van der Waals surface area contributed by atoms with Crippen LogP contribution in [-0.2, 0) is 0 Å². The molecule has 0 saturated carbocycles. The van der Waals surface area contributed by atoms with E-state index in [2.05, 4.69) is 5.32 Å². The molecule has 0 bridgehead atoms. The number of aromatic hydroxyl groups is 2. The van der Waals surface area contributed by atoms with Crippen LogP contribution in [0.5, 0.6) is 11.5 Å². The number of rotatable bonds is 3. The Morgan fingerprint density at radius 2 is 1.80 bits per heavy atom. The van der Waals surface area contributed by atoms with Crippen LogP contribution in [0.4, 0.5) is 5.69 Å². The number of hydrogen-bond donors (Lipinski definition) is 4. The Hall–Kier alpha value is -2.60. The van der Waals surface area contributed by atoms with Gasteiger partial charge in [0.2, 0.25) is 0 Å². The minimum Gasteiger partial charge on any atom is -0.508 e. The maximum atomic E-state index is 12.1. The van der Waals surface area contributed by atoms with E-state index in [1.807, 2.05) is 0 Å². The number of thiocarbonyl (C=S) groups is 1. The molecule has 0 fully saturated rings. The van der Waals surface area contributed by atoms with Crippen LogP contribution in [0.15, 0.2) is 42.5 Å². The van der Waals surface area contributed by atoms with E-state index in [9.17, 15) is 15.0 Å². The molecule has 0 aliphatic rings. The molecule has 1 amide bonds. The fourth-order valence-electron chi connectivity index (χ4n) is 1.71. The van der Waals surface area contributed by atoms with Gasteiger partial charge in [0.1, 0.15) is 16.5 Å². The molecule has 0 saturated heterocycles. The topological polar surface area (TPSA) is 95.6 Å². The number of carbonyl (C=O) groups is 1. The Labute approximate surface area is 120 Å². The second kappa shape index (κ2) is 5.58. The lowest BCUT2D eigenvalue weighted by Crippen LogP contribution is -2.17. The number of carbonyl (C=O) groups excluding carboxylic acids is 1. The summed E-state index contributed by atoms with van der Waals surface area (Å²) in [6.45, 7) is 0. The van der Waals surface area contributed by atoms with E-state index in [1.54, 1.807) is 24.3 Å². The van der Waals surface area contributed by atoms with Crippen LogP contribution < -0.4 is 11.1 Å². The summed E-state index contributed by atoms with van der Waals surface area (Å²) in [7, 11) is 0. The summed E-state index contributed by atoms with van der Waals surface area (Å²) in [5, 5.41) is 21.5. The summed E-state index contributed by atoms with van der Waals surface area (Å²) in [5.41, 5.74) is 6.61. The normalized spacial score (nSPS) is 10.0. The smallest absolute Gasteiger partial charge is 0.259 e. The number of nitrogens with two attached hydrogens (primary N) is 1. The average Bonchev–Trinajstić information content (AvgIpc) is 2.38. The van der Waals surface area contributed by atoms with Crippen LogP contribution in [0.3, 0.4) is 0 Å². The molecule has 2 aromatic carbocycles. The van der Waals surface area contributed by atoms with Crippen molar-refractivity contribution >= 4 is 28.8 Å². The number of para-hydroxylation sites is 1. The third-order valence-electron chi connectivity index (χ3n) is 2.67. The summed E-state index contributed by atoms with van der Waals surface area (Å²) < 4.78 is 0. The third-order valence-corrected chi connectivity index (χ3v) is 2.89. The van der Waals surface area contributed by atoms with E-state index in [0.29, 0.717) is 11.3 Å². The highest BCUT2D eigenvalue weighted by molar-refractivity contribution is 7.80. The Bertz CT molecular complexity index is 686. The molecule has 5 N–H and O–H groups in total. The van der Waals surface area contributed by atoms with E-state index in [1.165, 1.54) is 12.1 Å². The molecule has 0 aromatic heterocycles. The van der Waals surface area contributed by atoms with Gasteiger partial charge in [0.25, 0.3) is 5.91 Å². The summed E-state index contributed by atoms with van der Waals surface area (Å²) in [6, 6.07) is 10.6. The molecule has 5 nitrogen and oxygen atoms in total. The zero-order valence-electron chi connectivity index (χ0n) is 10.3. The van der Waals surface area contributed by atoms with Gasteiger partial charge in [0, 0.05) is 11.6 Å². The molecule has 6 heteroatoms. The summed E-state index contributed by atoms with van der Waals surface area (Å²) in [6.07, 6.45) is 0. The third kappa shape index (κ3) is 2.86. The van der Waals surface area contributed by atoms with Crippen molar-refractivity contribution in [3.63, 3.8) is 0 Å². The van der Waals surface area contributed by atoms with Gasteiger partial charge >= 0.3 is 0 Å². The fraction of sp³-hybridized carbons (Fsp3) is 0. The van der Waals surface area contributed by atoms with E-state index in [4.69, 9.17) is 18.0 Å². The quantitative estimate of drug-likeness (QED) is 0.648. The van der Waals surface area contributed by atoms with Crippen molar-refractivity contribution in [2.24, 2.45) is 5.73 Å². The van der Waals surface area contributed by atoms with E-state index >= 15 is 0 Å². The minimum atomic E-state index is -0.522. The molecule has 0 spiro atoms. The maximum absolute atomic E-state index is 12.1. The van der Waals surface area contributed by atoms with Gasteiger partial charge in [-0.2, -0.15) is 0 Å². The van der Waals surface area contributed by atoms with Gasteiger partial charge in [0.05, 0.1) is 11.3 Å². The summed E-state index contributed by atoms with van der Waals surface area (Å²) >= 11 is 4.91. The van der Waals surface area contributed by atoms with Crippen LogP contribution >= 0.6 is 12.2 Å². The summed E-state index contributed by atoms with van der Waals surface area (Å²) in [5.74, 6) is -0.955. The Kier molecular flexibility index (Phi) is 3.86. The number of anilines is 1. The maximum Gasteiger partial charge on any atom is 0.259 e. The first-order valence-corrected chi connectivity index (χ1v) is 6.12. The number of amides is 1. The van der Waals surface area contributed by atoms with Crippen molar-refractivity contribution in [2.45, 2.75) is 0 Å². The van der Waals surface area contributed by atoms with E-state index < -0.39 is 5.91 Å². The second-order valence-corrected chi connectivity index (χ2v) is 4.51. The lowest BCUT2D eigenvalue weighted by Gasteiger charge is -2.10. The van der Waals surface area contributed by atoms with Crippen LogP contribution in [0.2, 0.25) is 0 Å². The lowest BCUT2D eigenvalue weighted by atomic mass is 10.1. The first-order valence-electron chi connectivity index (χ1n) is 5.71. The van der Waals surface area contributed by atoms with Crippen molar-refractivity contribution in [3.05, 3.63) is 53.6 Å². The van der Waals surface area contributed by atoms with Gasteiger partial charge in [-0.25, -0.2) is 0 Å². The zero-order chi connectivity index (χ0) is 14.7. The van der Waals surface area contributed by atoms with E-state index in [0.717, 1.165) is 6.07 Å². The lowest BCUT2D eigenvalue weighted by molar-refractivity contribution is 0.102. The van der Waals surface area contributed by atoms with Gasteiger partial charge < -0.3 is 21.3 Å². The molecule has 2 aromatic rings.